The van der Waals surface area contributed by atoms with Gasteiger partial charge in [-0.15, -0.1) is 0 Å². The van der Waals surface area contributed by atoms with Gasteiger partial charge in [-0.05, 0) is 46.2 Å². The van der Waals surface area contributed by atoms with Crippen LogP contribution in [0.4, 0.5) is 0 Å². The smallest absolute Gasteiger partial charge is 0.340 e. The molecule has 0 saturated carbocycles. The van der Waals surface area contributed by atoms with Crippen molar-refractivity contribution in [3.63, 3.8) is 0 Å². The molecule has 0 amide bonds. The van der Waals surface area contributed by atoms with Gasteiger partial charge in [0, 0.05) is 33.1 Å². The molecule has 148 valence electrons. The van der Waals surface area contributed by atoms with Gasteiger partial charge >= 0.3 is 5.97 Å². The van der Waals surface area contributed by atoms with E-state index in [0.717, 1.165) is 38.6 Å². The Balaban J connectivity index is 2.27. The lowest BCUT2D eigenvalue weighted by atomic mass is 9.98. The maximum atomic E-state index is 12.9. The topological polar surface area (TPSA) is 51.5 Å². The van der Waals surface area contributed by atoms with Gasteiger partial charge in [0.1, 0.15) is 5.75 Å². The van der Waals surface area contributed by atoms with E-state index in [1.165, 1.54) is 5.56 Å². The van der Waals surface area contributed by atoms with Crippen molar-refractivity contribution in [1.29, 1.82) is 0 Å². The molecule has 0 bridgehead atoms. The largest absolute Gasteiger partial charge is 0.507 e. The third kappa shape index (κ3) is 2.79. The SMILES string of the molecule is CCOC(=O)c1c(C)n(-c2ccc(C)cc2C)c2c1c(C)c(O)c1ccccc12. The van der Waals surface area contributed by atoms with Crippen LogP contribution in [-0.2, 0) is 4.74 Å². The van der Waals surface area contributed by atoms with E-state index in [0.29, 0.717) is 17.7 Å². The molecule has 0 fully saturated rings. The molecule has 0 unspecified atom stereocenters. The van der Waals surface area contributed by atoms with E-state index >= 15 is 0 Å². The van der Waals surface area contributed by atoms with Crippen molar-refractivity contribution in [2.75, 3.05) is 6.61 Å². The molecule has 0 spiro atoms. The molecule has 1 N–H and O–H groups in total. The summed E-state index contributed by atoms with van der Waals surface area (Å²) in [7, 11) is 0. The van der Waals surface area contributed by atoms with Gasteiger partial charge in [0.25, 0.3) is 0 Å². The summed E-state index contributed by atoms with van der Waals surface area (Å²) in [4.78, 5) is 12.9. The zero-order valence-corrected chi connectivity index (χ0v) is 17.5. The third-order valence-corrected chi connectivity index (χ3v) is 5.65. The second-order valence-electron chi connectivity index (χ2n) is 7.55. The van der Waals surface area contributed by atoms with Gasteiger partial charge < -0.3 is 14.4 Å². The molecule has 4 nitrogen and oxygen atoms in total. The predicted octanol–water partition coefficient (Wildman–Crippen LogP) is 5.90. The van der Waals surface area contributed by atoms with Crippen LogP contribution in [0.15, 0.2) is 42.5 Å². The Bertz CT molecular complexity index is 1280. The number of aryl methyl sites for hydroxylation is 3. The van der Waals surface area contributed by atoms with E-state index in [4.69, 9.17) is 4.74 Å². The molecule has 4 rings (SSSR count). The summed E-state index contributed by atoms with van der Waals surface area (Å²) in [5.74, 6) is -0.160. The van der Waals surface area contributed by atoms with Crippen molar-refractivity contribution in [3.05, 3.63) is 70.4 Å². The molecule has 3 aromatic carbocycles. The monoisotopic (exact) mass is 387 g/mol. The molecule has 1 aromatic heterocycles. The van der Waals surface area contributed by atoms with Crippen molar-refractivity contribution >= 4 is 27.6 Å². The average Bonchev–Trinajstić information content (AvgIpc) is 2.99. The van der Waals surface area contributed by atoms with E-state index < -0.39 is 0 Å². The molecular formula is C25H25NO3. The molecule has 4 heteroatoms. The Labute approximate surface area is 170 Å². The Morgan fingerprint density at radius 1 is 1.03 bits per heavy atom. The number of fused-ring (bicyclic) bond motifs is 3. The fourth-order valence-corrected chi connectivity index (χ4v) is 4.34. The normalized spacial score (nSPS) is 11.3. The van der Waals surface area contributed by atoms with Crippen LogP contribution in [0.2, 0.25) is 0 Å². The summed E-state index contributed by atoms with van der Waals surface area (Å²) >= 11 is 0. The summed E-state index contributed by atoms with van der Waals surface area (Å²) in [5, 5.41) is 13.3. The van der Waals surface area contributed by atoms with E-state index in [1.807, 2.05) is 38.1 Å². The van der Waals surface area contributed by atoms with Gasteiger partial charge in [0.2, 0.25) is 0 Å². The summed E-state index contributed by atoms with van der Waals surface area (Å²) in [6.07, 6.45) is 0. The third-order valence-electron chi connectivity index (χ3n) is 5.65. The van der Waals surface area contributed by atoms with Crippen molar-refractivity contribution in [2.45, 2.75) is 34.6 Å². The van der Waals surface area contributed by atoms with Gasteiger partial charge in [-0.2, -0.15) is 0 Å². The van der Waals surface area contributed by atoms with Crippen LogP contribution >= 0.6 is 0 Å². The Kier molecular flexibility index (Phi) is 4.58. The first-order valence-corrected chi connectivity index (χ1v) is 9.86. The maximum Gasteiger partial charge on any atom is 0.340 e. The quantitative estimate of drug-likeness (QED) is 0.445. The number of aromatic hydroxyl groups is 1. The van der Waals surface area contributed by atoms with Crippen molar-refractivity contribution in [2.24, 2.45) is 0 Å². The maximum absolute atomic E-state index is 12.9. The highest BCUT2D eigenvalue weighted by atomic mass is 16.5. The molecule has 0 radical (unpaired) electrons. The van der Waals surface area contributed by atoms with Crippen LogP contribution in [0.1, 0.15) is 39.7 Å². The van der Waals surface area contributed by atoms with E-state index in [-0.39, 0.29) is 11.7 Å². The Morgan fingerprint density at radius 2 is 1.72 bits per heavy atom. The summed E-state index contributed by atoms with van der Waals surface area (Å²) in [6.45, 7) is 10.0. The summed E-state index contributed by atoms with van der Waals surface area (Å²) in [6, 6.07) is 14.1. The lowest BCUT2D eigenvalue weighted by Gasteiger charge is -2.15. The highest BCUT2D eigenvalue weighted by molar-refractivity contribution is 6.18. The zero-order chi connectivity index (χ0) is 20.9. The first kappa shape index (κ1) is 19.1. The minimum Gasteiger partial charge on any atom is -0.507 e. The number of carbonyl (C=O) groups excluding carboxylic acids is 1. The number of ether oxygens (including phenoxy) is 1. The van der Waals surface area contributed by atoms with Crippen molar-refractivity contribution in [3.8, 4) is 11.4 Å². The molecule has 0 aliphatic heterocycles. The van der Waals surface area contributed by atoms with E-state index in [2.05, 4.69) is 36.6 Å². The second-order valence-corrected chi connectivity index (χ2v) is 7.55. The standard InChI is InChI=1S/C25H25NO3/c1-6-29-25(28)22-17(5)26(20-12-11-14(2)13-15(20)3)23-18-9-7-8-10-19(18)24(27)16(4)21(22)23/h7-13,27H,6H2,1-5H3. The van der Waals surface area contributed by atoms with Crippen LogP contribution in [0.5, 0.6) is 5.75 Å². The van der Waals surface area contributed by atoms with E-state index in [1.54, 1.807) is 6.92 Å². The van der Waals surface area contributed by atoms with Crippen LogP contribution in [0, 0.1) is 27.7 Å². The number of hydrogen-bond donors (Lipinski definition) is 1. The van der Waals surface area contributed by atoms with Crippen molar-refractivity contribution < 1.29 is 14.6 Å². The first-order chi connectivity index (χ1) is 13.9. The number of esters is 1. The van der Waals surface area contributed by atoms with Crippen molar-refractivity contribution in [1.82, 2.24) is 4.57 Å². The van der Waals surface area contributed by atoms with Crippen LogP contribution in [0.3, 0.4) is 0 Å². The molecule has 0 aliphatic rings. The predicted molar refractivity (Wildman–Crippen MR) is 117 cm³/mol. The minimum atomic E-state index is -0.365. The lowest BCUT2D eigenvalue weighted by Crippen LogP contribution is -2.07. The molecule has 29 heavy (non-hydrogen) atoms. The molecule has 0 saturated heterocycles. The highest BCUT2D eigenvalue weighted by Crippen LogP contribution is 2.42. The number of nitrogens with zero attached hydrogens (tertiary/aromatic N) is 1. The number of phenols is 1. The van der Waals surface area contributed by atoms with E-state index in [9.17, 15) is 9.90 Å². The fraction of sp³-hybridized carbons (Fsp3) is 0.240. The fourth-order valence-electron chi connectivity index (χ4n) is 4.34. The Morgan fingerprint density at radius 3 is 2.38 bits per heavy atom. The molecule has 4 aromatic rings. The van der Waals surface area contributed by atoms with Crippen LogP contribution < -0.4 is 0 Å². The van der Waals surface area contributed by atoms with Gasteiger partial charge in [-0.1, -0.05) is 42.0 Å². The number of phenolic OH excluding ortho intramolecular Hbond substituents is 1. The second kappa shape index (κ2) is 6.96. The average molecular weight is 387 g/mol. The van der Waals surface area contributed by atoms with Gasteiger partial charge in [0.15, 0.2) is 0 Å². The molecule has 0 aliphatic carbocycles. The van der Waals surface area contributed by atoms with Gasteiger partial charge in [-0.3, -0.25) is 0 Å². The van der Waals surface area contributed by atoms with Crippen LogP contribution in [-0.4, -0.2) is 22.2 Å². The molecule has 1 heterocycles. The molecular weight excluding hydrogens is 362 g/mol. The lowest BCUT2D eigenvalue weighted by molar-refractivity contribution is 0.0527. The summed E-state index contributed by atoms with van der Waals surface area (Å²) in [5.41, 5.74) is 6.25. The highest BCUT2D eigenvalue weighted by Gasteiger charge is 2.27. The number of carbonyl (C=O) groups is 1. The number of aromatic nitrogens is 1. The van der Waals surface area contributed by atoms with Gasteiger partial charge in [-0.25, -0.2) is 4.79 Å². The Hall–Kier alpha value is -3.27. The zero-order valence-electron chi connectivity index (χ0n) is 17.5. The first-order valence-electron chi connectivity index (χ1n) is 9.86. The summed E-state index contributed by atoms with van der Waals surface area (Å²) < 4.78 is 7.52. The number of benzene rings is 3. The number of hydrogen-bond acceptors (Lipinski definition) is 3. The van der Waals surface area contributed by atoms with Crippen LogP contribution in [0.25, 0.3) is 27.4 Å². The minimum absolute atomic E-state index is 0.205. The van der Waals surface area contributed by atoms with Gasteiger partial charge in [0.05, 0.1) is 17.7 Å². The molecule has 0 atom stereocenters. The number of rotatable bonds is 3.